The van der Waals surface area contributed by atoms with Crippen LogP contribution in [0.1, 0.15) is 58.4 Å². The first kappa shape index (κ1) is 15.0. The zero-order valence-electron chi connectivity index (χ0n) is 12.2. The first-order valence-electron chi connectivity index (χ1n) is 7.01. The molecule has 1 aromatic heterocycles. The lowest BCUT2D eigenvalue weighted by atomic mass is 9.92. The number of aliphatic hydroxyl groups is 1. The average molecular weight is 330 g/mol. The van der Waals surface area contributed by atoms with E-state index in [1.807, 2.05) is 4.68 Å². The van der Waals surface area contributed by atoms with Crippen LogP contribution >= 0.6 is 15.9 Å². The Kier molecular flexibility index (Phi) is 4.38. The van der Waals surface area contributed by atoms with Crippen molar-refractivity contribution in [3.05, 3.63) is 16.4 Å². The van der Waals surface area contributed by atoms with Crippen LogP contribution in [0, 0.1) is 0 Å². The van der Waals surface area contributed by atoms with E-state index in [1.165, 1.54) is 12.8 Å². The Morgan fingerprint density at radius 2 is 1.89 bits per heavy atom. The van der Waals surface area contributed by atoms with Crippen molar-refractivity contribution < 1.29 is 5.11 Å². The Labute approximate surface area is 123 Å². The second-order valence-electron chi connectivity index (χ2n) is 6.17. The normalized spacial score (nSPS) is 19.3. The van der Waals surface area contributed by atoms with Gasteiger partial charge in [0.1, 0.15) is 6.10 Å². The molecule has 0 bridgehead atoms. The molecule has 1 unspecified atom stereocenters. The molecule has 0 spiro atoms. The Bertz CT molecular complexity index is 436. The topological polar surface area (TPSA) is 41.3 Å². The van der Waals surface area contributed by atoms with E-state index < -0.39 is 6.10 Å². The number of halogens is 1. The van der Waals surface area contributed by atoms with E-state index in [-0.39, 0.29) is 11.6 Å². The number of aromatic nitrogens is 2. The van der Waals surface area contributed by atoms with Gasteiger partial charge in [-0.25, -0.2) is 0 Å². The summed E-state index contributed by atoms with van der Waals surface area (Å²) in [6.07, 6.45) is 3.67. The molecule has 0 amide bonds. The van der Waals surface area contributed by atoms with Crippen LogP contribution in [0.15, 0.2) is 10.7 Å². The minimum absolute atomic E-state index is 0.241. The molecule has 2 rings (SSSR count). The van der Waals surface area contributed by atoms with Crippen LogP contribution in [0.25, 0.3) is 0 Å². The van der Waals surface area contributed by atoms with E-state index in [9.17, 15) is 5.11 Å². The maximum Gasteiger partial charge on any atom is 0.115 e. The van der Waals surface area contributed by atoms with Gasteiger partial charge in [0.2, 0.25) is 0 Å². The second kappa shape index (κ2) is 5.54. The standard InChI is InChI=1S/C14H24BrN3O/c1-10(2)18-12(11(15)9-16-18)13(19)14(3,4)17-7-5-6-8-17/h9-10,13,19H,5-8H2,1-4H3. The summed E-state index contributed by atoms with van der Waals surface area (Å²) in [7, 11) is 0. The van der Waals surface area contributed by atoms with Gasteiger partial charge in [0.15, 0.2) is 0 Å². The van der Waals surface area contributed by atoms with Crippen molar-refractivity contribution in [1.29, 1.82) is 0 Å². The molecule has 1 N–H and O–H groups in total. The number of hydrogen-bond acceptors (Lipinski definition) is 3. The number of rotatable bonds is 4. The molecular formula is C14H24BrN3O. The average Bonchev–Trinajstić information content (AvgIpc) is 2.96. The molecule has 0 aromatic carbocycles. The van der Waals surface area contributed by atoms with Crippen molar-refractivity contribution in [1.82, 2.24) is 14.7 Å². The van der Waals surface area contributed by atoms with Gasteiger partial charge in [-0.2, -0.15) is 5.10 Å². The molecule has 1 aliphatic rings. The molecule has 4 nitrogen and oxygen atoms in total. The Balaban J connectivity index is 2.32. The highest BCUT2D eigenvalue weighted by Gasteiger charge is 2.39. The fraction of sp³-hybridized carbons (Fsp3) is 0.786. The predicted molar refractivity (Wildman–Crippen MR) is 80.2 cm³/mol. The molecule has 1 fully saturated rings. The molecule has 1 aromatic rings. The highest BCUT2D eigenvalue weighted by Crippen LogP contribution is 2.37. The van der Waals surface area contributed by atoms with E-state index in [1.54, 1.807) is 6.20 Å². The van der Waals surface area contributed by atoms with Crippen molar-refractivity contribution in [2.24, 2.45) is 0 Å². The zero-order chi connectivity index (χ0) is 14.2. The van der Waals surface area contributed by atoms with Crippen LogP contribution in [0.3, 0.4) is 0 Å². The molecule has 19 heavy (non-hydrogen) atoms. The molecule has 0 radical (unpaired) electrons. The van der Waals surface area contributed by atoms with E-state index in [2.05, 4.69) is 53.6 Å². The van der Waals surface area contributed by atoms with Crippen molar-refractivity contribution >= 4 is 15.9 Å². The lowest BCUT2D eigenvalue weighted by molar-refractivity contribution is -0.00483. The smallest absolute Gasteiger partial charge is 0.115 e. The van der Waals surface area contributed by atoms with Gasteiger partial charge in [-0.05, 0) is 69.6 Å². The SMILES string of the molecule is CC(C)n1ncc(Br)c1C(O)C(C)(C)N1CCCC1. The van der Waals surface area contributed by atoms with Gasteiger partial charge in [0, 0.05) is 11.6 Å². The maximum atomic E-state index is 10.9. The van der Waals surface area contributed by atoms with Gasteiger partial charge >= 0.3 is 0 Å². The second-order valence-corrected chi connectivity index (χ2v) is 7.02. The summed E-state index contributed by atoms with van der Waals surface area (Å²) in [5.74, 6) is 0. The fourth-order valence-electron chi connectivity index (χ4n) is 2.82. The first-order chi connectivity index (χ1) is 8.85. The van der Waals surface area contributed by atoms with E-state index in [0.717, 1.165) is 23.3 Å². The molecule has 2 heterocycles. The van der Waals surface area contributed by atoms with Crippen LogP contribution in [0.4, 0.5) is 0 Å². The van der Waals surface area contributed by atoms with Crippen molar-refractivity contribution in [3.8, 4) is 0 Å². The summed E-state index contributed by atoms with van der Waals surface area (Å²) in [6.45, 7) is 10.5. The van der Waals surface area contributed by atoms with Gasteiger partial charge in [-0.15, -0.1) is 0 Å². The van der Waals surface area contributed by atoms with Crippen molar-refractivity contribution in [2.75, 3.05) is 13.1 Å². The summed E-state index contributed by atoms with van der Waals surface area (Å²) >= 11 is 3.53. The molecule has 1 aliphatic heterocycles. The van der Waals surface area contributed by atoms with Gasteiger partial charge < -0.3 is 5.11 Å². The van der Waals surface area contributed by atoms with Crippen LogP contribution in [0.5, 0.6) is 0 Å². The lowest BCUT2D eigenvalue weighted by Gasteiger charge is -2.40. The summed E-state index contributed by atoms with van der Waals surface area (Å²) in [5.41, 5.74) is 0.609. The highest BCUT2D eigenvalue weighted by molar-refractivity contribution is 9.10. The fourth-order valence-corrected chi connectivity index (χ4v) is 3.31. The van der Waals surface area contributed by atoms with E-state index >= 15 is 0 Å². The highest BCUT2D eigenvalue weighted by atomic mass is 79.9. The molecule has 0 saturated carbocycles. The van der Waals surface area contributed by atoms with Gasteiger partial charge in [0.25, 0.3) is 0 Å². The molecular weight excluding hydrogens is 306 g/mol. The molecule has 1 saturated heterocycles. The Morgan fingerprint density at radius 3 is 2.42 bits per heavy atom. The third kappa shape index (κ3) is 2.73. The minimum Gasteiger partial charge on any atom is -0.385 e. The lowest BCUT2D eigenvalue weighted by Crippen LogP contribution is -2.47. The molecule has 0 aliphatic carbocycles. The van der Waals surface area contributed by atoms with Crippen LogP contribution < -0.4 is 0 Å². The van der Waals surface area contributed by atoms with E-state index in [0.29, 0.717) is 0 Å². The van der Waals surface area contributed by atoms with Crippen LogP contribution in [-0.2, 0) is 0 Å². The third-order valence-electron chi connectivity index (χ3n) is 4.13. The number of likely N-dealkylation sites (tertiary alicyclic amines) is 1. The summed E-state index contributed by atoms with van der Waals surface area (Å²) < 4.78 is 2.80. The van der Waals surface area contributed by atoms with Gasteiger partial charge in [0.05, 0.1) is 16.4 Å². The Morgan fingerprint density at radius 1 is 1.32 bits per heavy atom. The monoisotopic (exact) mass is 329 g/mol. The summed E-state index contributed by atoms with van der Waals surface area (Å²) in [4.78, 5) is 2.38. The molecule has 1 atom stereocenters. The quantitative estimate of drug-likeness (QED) is 0.922. The number of aliphatic hydroxyl groups excluding tert-OH is 1. The largest absolute Gasteiger partial charge is 0.385 e. The zero-order valence-corrected chi connectivity index (χ0v) is 13.8. The van der Waals surface area contributed by atoms with Crippen LogP contribution in [-0.4, -0.2) is 38.4 Å². The van der Waals surface area contributed by atoms with Gasteiger partial charge in [-0.1, -0.05) is 0 Å². The summed E-state index contributed by atoms with van der Waals surface area (Å²) in [5, 5.41) is 15.2. The predicted octanol–water partition coefficient (Wildman–Crippen LogP) is 3.13. The number of hydrogen-bond donors (Lipinski definition) is 1. The third-order valence-corrected chi connectivity index (χ3v) is 4.74. The van der Waals surface area contributed by atoms with Crippen molar-refractivity contribution in [2.45, 2.75) is 58.2 Å². The first-order valence-corrected chi connectivity index (χ1v) is 7.81. The molecule has 108 valence electrons. The Hall–Kier alpha value is -0.390. The van der Waals surface area contributed by atoms with E-state index in [4.69, 9.17) is 0 Å². The van der Waals surface area contributed by atoms with Crippen LogP contribution in [0.2, 0.25) is 0 Å². The number of nitrogens with zero attached hydrogens (tertiary/aromatic N) is 3. The summed E-state index contributed by atoms with van der Waals surface area (Å²) in [6, 6.07) is 0.241. The molecule has 5 heteroatoms. The maximum absolute atomic E-state index is 10.9. The van der Waals surface area contributed by atoms with Crippen molar-refractivity contribution in [3.63, 3.8) is 0 Å². The van der Waals surface area contributed by atoms with Gasteiger partial charge in [-0.3, -0.25) is 9.58 Å². The minimum atomic E-state index is -0.551.